The van der Waals surface area contributed by atoms with E-state index in [2.05, 4.69) is 51.7 Å². The summed E-state index contributed by atoms with van der Waals surface area (Å²) in [5.41, 5.74) is 4.11. The molecule has 3 aliphatic rings. The number of carbonyl (C=O) groups excluding carboxylic acids is 1. The number of piperidine rings is 1. The lowest BCUT2D eigenvalue weighted by Crippen LogP contribution is -2.60. The first-order chi connectivity index (χ1) is 17.1. The highest BCUT2D eigenvalue weighted by molar-refractivity contribution is 5.93. The molecule has 3 fully saturated rings. The maximum Gasteiger partial charge on any atom is 0.230 e. The lowest BCUT2D eigenvalue weighted by molar-refractivity contribution is -0.121. The highest BCUT2D eigenvalue weighted by Gasteiger charge is 2.37. The predicted octanol–water partition coefficient (Wildman–Crippen LogP) is 3.75. The molecule has 6 unspecified atom stereocenters. The molecule has 7 heteroatoms. The van der Waals surface area contributed by atoms with Crippen molar-refractivity contribution in [1.82, 2.24) is 16.0 Å². The second-order valence-electron chi connectivity index (χ2n) is 10.3. The van der Waals surface area contributed by atoms with Gasteiger partial charge >= 0.3 is 0 Å². The van der Waals surface area contributed by atoms with Crippen LogP contribution < -0.4 is 26.6 Å². The molecule has 3 heterocycles. The zero-order chi connectivity index (χ0) is 24.2. The highest BCUT2D eigenvalue weighted by atomic mass is 16.5. The Morgan fingerprint density at radius 2 is 1.94 bits per heavy atom. The van der Waals surface area contributed by atoms with Gasteiger partial charge in [-0.25, -0.2) is 0 Å². The molecule has 3 aliphatic heterocycles. The molecule has 0 radical (unpaired) electrons. The number of hydrogen-bond donors (Lipinski definition) is 5. The van der Waals surface area contributed by atoms with E-state index < -0.39 is 0 Å². The second-order valence-corrected chi connectivity index (χ2v) is 10.3. The third-order valence-corrected chi connectivity index (χ3v) is 7.82. The topological polar surface area (TPSA) is 86.5 Å². The van der Waals surface area contributed by atoms with Crippen molar-refractivity contribution in [2.75, 3.05) is 30.3 Å². The van der Waals surface area contributed by atoms with Gasteiger partial charge in [0.2, 0.25) is 5.91 Å². The summed E-state index contributed by atoms with van der Waals surface area (Å²) in [7, 11) is 0. The minimum Gasteiger partial charge on any atom is -0.370 e. The first-order valence-electron chi connectivity index (χ1n) is 13.2. The van der Waals surface area contributed by atoms with Crippen molar-refractivity contribution >= 4 is 17.3 Å². The molecule has 35 heavy (non-hydrogen) atoms. The molecule has 0 saturated carbocycles. The average Bonchev–Trinajstić information content (AvgIpc) is 3.29. The van der Waals surface area contributed by atoms with Gasteiger partial charge in [0.25, 0.3) is 0 Å². The number of benzene rings is 2. The molecule has 1 amide bonds. The Morgan fingerprint density at radius 1 is 1.09 bits per heavy atom. The van der Waals surface area contributed by atoms with Crippen molar-refractivity contribution in [1.29, 1.82) is 0 Å². The van der Waals surface area contributed by atoms with Crippen LogP contribution in [0.4, 0.5) is 11.4 Å². The summed E-state index contributed by atoms with van der Waals surface area (Å²) in [6.07, 6.45) is 4.23. The van der Waals surface area contributed by atoms with Gasteiger partial charge in [-0.15, -0.1) is 0 Å². The molecule has 7 nitrogen and oxygen atoms in total. The monoisotopic (exact) mass is 477 g/mol. The van der Waals surface area contributed by atoms with Gasteiger partial charge in [0.15, 0.2) is 0 Å². The Balaban J connectivity index is 1.20. The van der Waals surface area contributed by atoms with Gasteiger partial charge in [-0.1, -0.05) is 36.4 Å². The van der Waals surface area contributed by atoms with E-state index in [-0.39, 0.29) is 30.3 Å². The van der Waals surface area contributed by atoms with Crippen LogP contribution in [0.5, 0.6) is 0 Å². The van der Waals surface area contributed by atoms with E-state index in [1.807, 2.05) is 37.3 Å². The number of amides is 1. The van der Waals surface area contributed by atoms with E-state index in [1.165, 1.54) is 12.8 Å². The van der Waals surface area contributed by atoms with E-state index in [1.54, 1.807) is 0 Å². The highest BCUT2D eigenvalue weighted by Crippen LogP contribution is 2.37. The van der Waals surface area contributed by atoms with Gasteiger partial charge in [0.1, 0.15) is 6.29 Å². The molecule has 0 bridgehead atoms. The number of carbonyl (C=O) groups is 1. The largest absolute Gasteiger partial charge is 0.370 e. The molecule has 0 aromatic heterocycles. The Kier molecular flexibility index (Phi) is 7.68. The minimum absolute atomic E-state index is 0.00946. The summed E-state index contributed by atoms with van der Waals surface area (Å²) in [5, 5.41) is 17.6. The molecule has 3 saturated heterocycles. The van der Waals surface area contributed by atoms with Crippen molar-refractivity contribution in [3.8, 4) is 0 Å². The summed E-state index contributed by atoms with van der Waals surface area (Å²) < 4.78 is 6.13. The number of anilines is 2. The quantitative estimate of drug-likeness (QED) is 0.436. The third-order valence-electron chi connectivity index (χ3n) is 7.82. The van der Waals surface area contributed by atoms with Crippen molar-refractivity contribution < 1.29 is 9.53 Å². The Bertz CT molecular complexity index is 994. The minimum atomic E-state index is -0.176. The number of hydrogen-bond acceptors (Lipinski definition) is 6. The van der Waals surface area contributed by atoms with Gasteiger partial charge in [-0.3, -0.25) is 15.4 Å². The first kappa shape index (κ1) is 24.3. The standard InChI is InChI=1S/C28H39N5O2/c1-18-10-11-22(31-27(34)23-16-26(35-19(23)2)20-7-4-3-5-8-20)15-25(18)33-28-30-14-12-24(32-28)21-9-6-13-29-17-21/h3-5,7-8,10-11,15,19,21,23-24,26,28-30,32-33H,6,9,12-14,16-17H2,1-2H3,(H,31,34). The fourth-order valence-electron chi connectivity index (χ4n) is 5.71. The molecule has 5 N–H and O–H groups in total. The summed E-state index contributed by atoms with van der Waals surface area (Å²) in [5.74, 6) is 0.520. The average molecular weight is 478 g/mol. The zero-order valence-electron chi connectivity index (χ0n) is 20.8. The maximum absolute atomic E-state index is 13.2. The van der Waals surface area contributed by atoms with E-state index in [4.69, 9.17) is 4.74 Å². The van der Waals surface area contributed by atoms with Crippen LogP contribution in [-0.4, -0.2) is 44.0 Å². The lowest BCUT2D eigenvalue weighted by atomic mass is 9.89. The fourth-order valence-corrected chi connectivity index (χ4v) is 5.71. The lowest BCUT2D eigenvalue weighted by Gasteiger charge is -2.39. The van der Waals surface area contributed by atoms with Crippen LogP contribution in [0.3, 0.4) is 0 Å². The summed E-state index contributed by atoms with van der Waals surface area (Å²) >= 11 is 0. The number of rotatable bonds is 6. The second kappa shape index (κ2) is 11.1. The SMILES string of the molecule is Cc1ccc(NC(=O)C2CC(c3ccccc3)OC2C)cc1NC1NCCC(C2CCCNC2)N1. The van der Waals surface area contributed by atoms with Gasteiger partial charge in [0.05, 0.1) is 18.1 Å². The molecule has 188 valence electrons. The molecule has 6 atom stereocenters. The van der Waals surface area contributed by atoms with Crippen LogP contribution in [0.25, 0.3) is 0 Å². The van der Waals surface area contributed by atoms with E-state index in [0.717, 1.165) is 48.6 Å². The summed E-state index contributed by atoms with van der Waals surface area (Å²) in [6.45, 7) is 7.31. The van der Waals surface area contributed by atoms with Crippen LogP contribution in [0.15, 0.2) is 48.5 Å². The summed E-state index contributed by atoms with van der Waals surface area (Å²) in [4.78, 5) is 13.2. The van der Waals surface area contributed by atoms with Crippen molar-refractivity contribution in [2.45, 2.75) is 64.1 Å². The molecule has 2 aromatic carbocycles. The molecule has 2 aromatic rings. The van der Waals surface area contributed by atoms with Crippen molar-refractivity contribution in [2.24, 2.45) is 11.8 Å². The van der Waals surface area contributed by atoms with Crippen LogP contribution in [0, 0.1) is 18.8 Å². The van der Waals surface area contributed by atoms with Crippen LogP contribution in [0.2, 0.25) is 0 Å². The van der Waals surface area contributed by atoms with Gasteiger partial charge in [-0.2, -0.15) is 0 Å². The van der Waals surface area contributed by atoms with E-state index >= 15 is 0 Å². The van der Waals surface area contributed by atoms with E-state index in [9.17, 15) is 4.79 Å². The summed E-state index contributed by atoms with van der Waals surface area (Å²) in [6, 6.07) is 16.8. The first-order valence-corrected chi connectivity index (χ1v) is 13.2. The fraction of sp³-hybridized carbons (Fsp3) is 0.536. The zero-order valence-corrected chi connectivity index (χ0v) is 20.8. The number of nitrogens with one attached hydrogen (secondary N) is 5. The van der Waals surface area contributed by atoms with Gasteiger partial charge in [0, 0.05) is 17.4 Å². The maximum atomic E-state index is 13.2. The molecule has 0 spiro atoms. The smallest absolute Gasteiger partial charge is 0.230 e. The van der Waals surface area contributed by atoms with E-state index in [0.29, 0.717) is 18.4 Å². The Labute approximate surface area is 208 Å². The van der Waals surface area contributed by atoms with Crippen molar-refractivity contribution in [3.63, 3.8) is 0 Å². The number of ether oxygens (including phenoxy) is 1. The molecule has 5 rings (SSSR count). The predicted molar refractivity (Wildman–Crippen MR) is 140 cm³/mol. The molecular weight excluding hydrogens is 438 g/mol. The van der Waals surface area contributed by atoms with Crippen LogP contribution >= 0.6 is 0 Å². The van der Waals surface area contributed by atoms with Crippen LogP contribution in [-0.2, 0) is 9.53 Å². The van der Waals surface area contributed by atoms with Crippen LogP contribution in [0.1, 0.15) is 49.8 Å². The Morgan fingerprint density at radius 3 is 2.74 bits per heavy atom. The molecule has 0 aliphatic carbocycles. The normalized spacial score (nSPS) is 31.1. The van der Waals surface area contributed by atoms with Crippen molar-refractivity contribution in [3.05, 3.63) is 59.7 Å². The number of aryl methyl sites for hydroxylation is 1. The third kappa shape index (κ3) is 5.86. The van der Waals surface area contributed by atoms with Gasteiger partial charge < -0.3 is 20.7 Å². The Hall–Kier alpha value is -2.45. The van der Waals surface area contributed by atoms with Gasteiger partial charge in [-0.05, 0) is 88.3 Å². The molecular formula is C28H39N5O2.